The van der Waals surface area contributed by atoms with Crippen molar-refractivity contribution in [3.05, 3.63) is 129 Å². The van der Waals surface area contributed by atoms with E-state index in [0.717, 1.165) is 27.8 Å². The number of aryl methyl sites for hydroxylation is 2. The van der Waals surface area contributed by atoms with Gasteiger partial charge in [0.05, 0.1) is 11.3 Å². The second-order valence-electron chi connectivity index (χ2n) is 8.56. The van der Waals surface area contributed by atoms with Crippen molar-refractivity contribution >= 4 is 11.7 Å². The van der Waals surface area contributed by atoms with Crippen LogP contribution in [0, 0.1) is 13.8 Å². The minimum absolute atomic E-state index is 0.0854. The molecule has 0 saturated heterocycles. The zero-order valence-corrected chi connectivity index (χ0v) is 19.5. The summed E-state index contributed by atoms with van der Waals surface area (Å²) >= 11 is 0. The SMILES string of the molecule is Cc1ccccc1[C@@H](C/C(=N\O)c1c[nH]c(=O)c(C)c1)c1ccc(-c2ccc(C(=O)O)cc2)cc1. The van der Waals surface area contributed by atoms with Crippen LogP contribution in [0.4, 0.5) is 0 Å². The number of carboxylic acids is 1. The molecular weight excluding hydrogens is 440 g/mol. The van der Waals surface area contributed by atoms with E-state index in [1.807, 2.05) is 36.4 Å². The van der Waals surface area contributed by atoms with Crippen molar-refractivity contribution in [2.24, 2.45) is 5.16 Å². The van der Waals surface area contributed by atoms with Crippen LogP contribution in [0.25, 0.3) is 11.1 Å². The van der Waals surface area contributed by atoms with Gasteiger partial charge in [-0.25, -0.2) is 4.79 Å². The number of aromatic carboxylic acids is 1. The Kier molecular flexibility index (Phi) is 6.92. The number of carbonyl (C=O) groups is 1. The molecule has 0 bridgehead atoms. The van der Waals surface area contributed by atoms with Gasteiger partial charge >= 0.3 is 5.97 Å². The largest absolute Gasteiger partial charge is 0.478 e. The van der Waals surface area contributed by atoms with Crippen LogP contribution in [0.2, 0.25) is 0 Å². The molecule has 6 nitrogen and oxygen atoms in total. The van der Waals surface area contributed by atoms with Crippen LogP contribution in [-0.2, 0) is 0 Å². The van der Waals surface area contributed by atoms with Crippen LogP contribution in [0.15, 0.2) is 95.0 Å². The predicted octanol–water partition coefficient (Wildman–Crippen LogP) is 5.76. The zero-order chi connectivity index (χ0) is 24.9. The number of carboxylic acid groups (broad SMARTS) is 1. The molecule has 3 N–H and O–H groups in total. The van der Waals surface area contributed by atoms with Crippen molar-refractivity contribution in [3.8, 4) is 11.1 Å². The van der Waals surface area contributed by atoms with Gasteiger partial charge in [-0.15, -0.1) is 0 Å². The van der Waals surface area contributed by atoms with Crippen LogP contribution in [0.5, 0.6) is 0 Å². The number of rotatable bonds is 7. The van der Waals surface area contributed by atoms with E-state index in [9.17, 15) is 14.8 Å². The first-order valence-electron chi connectivity index (χ1n) is 11.3. The average Bonchev–Trinajstić information content (AvgIpc) is 2.87. The maximum atomic E-state index is 11.8. The number of nitrogens with zero attached hydrogens (tertiary/aromatic N) is 1. The maximum Gasteiger partial charge on any atom is 0.335 e. The summed E-state index contributed by atoms with van der Waals surface area (Å²) in [4.78, 5) is 25.6. The molecule has 4 rings (SSSR count). The lowest BCUT2D eigenvalue weighted by Crippen LogP contribution is -2.15. The molecule has 0 radical (unpaired) electrons. The molecule has 0 unspecified atom stereocenters. The molecule has 3 aromatic carbocycles. The number of oxime groups is 1. The number of H-pyrrole nitrogens is 1. The van der Waals surface area contributed by atoms with Gasteiger partial charge in [-0.05, 0) is 59.9 Å². The van der Waals surface area contributed by atoms with Crippen LogP contribution >= 0.6 is 0 Å². The van der Waals surface area contributed by atoms with Gasteiger partial charge in [-0.2, -0.15) is 0 Å². The van der Waals surface area contributed by atoms with E-state index >= 15 is 0 Å². The highest BCUT2D eigenvalue weighted by molar-refractivity contribution is 6.00. The summed E-state index contributed by atoms with van der Waals surface area (Å²) in [5.41, 5.74) is 6.96. The minimum Gasteiger partial charge on any atom is -0.478 e. The Morgan fingerprint density at radius 2 is 1.51 bits per heavy atom. The van der Waals surface area contributed by atoms with Crippen molar-refractivity contribution in [2.75, 3.05) is 0 Å². The molecule has 6 heteroatoms. The number of aromatic amines is 1. The predicted molar refractivity (Wildman–Crippen MR) is 137 cm³/mol. The van der Waals surface area contributed by atoms with Crippen LogP contribution in [0.3, 0.4) is 0 Å². The van der Waals surface area contributed by atoms with E-state index < -0.39 is 5.97 Å². The van der Waals surface area contributed by atoms with E-state index in [1.165, 1.54) is 0 Å². The third kappa shape index (κ3) is 5.22. The Balaban J connectivity index is 1.70. The van der Waals surface area contributed by atoms with E-state index in [2.05, 4.69) is 29.2 Å². The average molecular weight is 467 g/mol. The summed E-state index contributed by atoms with van der Waals surface area (Å²) in [6, 6.07) is 24.7. The highest BCUT2D eigenvalue weighted by Crippen LogP contribution is 2.33. The second kappa shape index (κ2) is 10.2. The highest BCUT2D eigenvalue weighted by Gasteiger charge is 2.21. The van der Waals surface area contributed by atoms with Gasteiger partial charge in [0.2, 0.25) is 0 Å². The number of pyridine rings is 1. The fourth-order valence-corrected chi connectivity index (χ4v) is 4.27. The monoisotopic (exact) mass is 466 g/mol. The molecule has 0 fully saturated rings. The van der Waals surface area contributed by atoms with Crippen molar-refractivity contribution in [3.63, 3.8) is 0 Å². The van der Waals surface area contributed by atoms with Crippen molar-refractivity contribution in [2.45, 2.75) is 26.2 Å². The molecule has 0 aliphatic carbocycles. The second-order valence-corrected chi connectivity index (χ2v) is 8.56. The first kappa shape index (κ1) is 23.7. The molecule has 176 valence electrons. The van der Waals surface area contributed by atoms with Crippen LogP contribution in [-0.4, -0.2) is 27.0 Å². The number of benzene rings is 3. The molecule has 1 aromatic heterocycles. The van der Waals surface area contributed by atoms with Crippen LogP contribution in [0.1, 0.15) is 50.5 Å². The molecule has 35 heavy (non-hydrogen) atoms. The highest BCUT2D eigenvalue weighted by atomic mass is 16.4. The molecule has 0 spiro atoms. The Hall–Kier alpha value is -4.45. The van der Waals surface area contributed by atoms with Crippen LogP contribution < -0.4 is 5.56 Å². The van der Waals surface area contributed by atoms with E-state index in [1.54, 1.807) is 43.5 Å². The lowest BCUT2D eigenvalue weighted by Gasteiger charge is -2.21. The maximum absolute atomic E-state index is 11.8. The van der Waals surface area contributed by atoms with Gasteiger partial charge in [0.1, 0.15) is 0 Å². The number of hydrogen-bond acceptors (Lipinski definition) is 4. The molecule has 0 aliphatic rings. The summed E-state index contributed by atoms with van der Waals surface area (Å²) in [7, 11) is 0. The summed E-state index contributed by atoms with van der Waals surface area (Å²) < 4.78 is 0. The van der Waals surface area contributed by atoms with E-state index in [4.69, 9.17) is 5.11 Å². The molecule has 0 saturated carbocycles. The first-order valence-corrected chi connectivity index (χ1v) is 11.3. The van der Waals surface area contributed by atoms with E-state index in [0.29, 0.717) is 23.3 Å². The third-order valence-electron chi connectivity index (χ3n) is 6.28. The third-order valence-corrected chi connectivity index (χ3v) is 6.28. The Morgan fingerprint density at radius 3 is 2.09 bits per heavy atom. The molecule has 1 heterocycles. The van der Waals surface area contributed by atoms with Gasteiger partial charge in [0, 0.05) is 29.7 Å². The number of aromatic nitrogens is 1. The molecule has 0 amide bonds. The van der Waals surface area contributed by atoms with Gasteiger partial charge in [-0.3, -0.25) is 4.79 Å². The van der Waals surface area contributed by atoms with Crippen molar-refractivity contribution in [1.29, 1.82) is 0 Å². The fourth-order valence-electron chi connectivity index (χ4n) is 4.27. The number of nitrogens with one attached hydrogen (secondary N) is 1. The van der Waals surface area contributed by atoms with Crippen molar-refractivity contribution < 1.29 is 15.1 Å². The Morgan fingerprint density at radius 1 is 0.886 bits per heavy atom. The molecular formula is C29H26N2O4. The summed E-state index contributed by atoms with van der Waals surface area (Å²) in [6.45, 7) is 3.78. The van der Waals surface area contributed by atoms with E-state index in [-0.39, 0.29) is 17.0 Å². The minimum atomic E-state index is -0.952. The normalized spacial score (nSPS) is 12.3. The lowest BCUT2D eigenvalue weighted by atomic mass is 9.83. The quantitative estimate of drug-likeness (QED) is 0.183. The Labute approximate surface area is 203 Å². The van der Waals surface area contributed by atoms with Gasteiger partial charge < -0.3 is 15.3 Å². The topological polar surface area (TPSA) is 103 Å². The van der Waals surface area contributed by atoms with Gasteiger partial charge in [0.15, 0.2) is 0 Å². The van der Waals surface area contributed by atoms with Gasteiger partial charge in [-0.1, -0.05) is 65.8 Å². The lowest BCUT2D eigenvalue weighted by molar-refractivity contribution is 0.0697. The fraction of sp³-hybridized carbons (Fsp3) is 0.138. The summed E-state index contributed by atoms with van der Waals surface area (Å²) in [6.07, 6.45) is 2.00. The molecule has 4 aromatic rings. The molecule has 0 aliphatic heterocycles. The zero-order valence-electron chi connectivity index (χ0n) is 19.5. The smallest absolute Gasteiger partial charge is 0.335 e. The first-order chi connectivity index (χ1) is 16.9. The van der Waals surface area contributed by atoms with Crippen molar-refractivity contribution in [1.82, 2.24) is 4.98 Å². The Bertz CT molecular complexity index is 1440. The summed E-state index contributed by atoms with van der Waals surface area (Å²) in [5, 5.41) is 22.6. The van der Waals surface area contributed by atoms with Gasteiger partial charge in [0.25, 0.3) is 5.56 Å². The number of hydrogen-bond donors (Lipinski definition) is 3. The molecule has 1 atom stereocenters. The standard InChI is InChI=1S/C29H26N2O4/c1-18-5-3-4-6-25(18)26(16-27(31-35)24-15-19(2)28(32)30-17-24)22-11-7-20(8-12-22)21-9-13-23(14-10-21)29(33)34/h3-15,17,26,35H,16H2,1-2H3,(H,30,32)(H,33,34)/b31-27+/t26-/m0/s1. The summed E-state index contributed by atoms with van der Waals surface area (Å²) in [5.74, 6) is -1.04.